The summed E-state index contributed by atoms with van der Waals surface area (Å²) >= 11 is 3.43. The Morgan fingerprint density at radius 2 is 2.13 bits per heavy atom. The van der Waals surface area contributed by atoms with Gasteiger partial charge in [0.25, 0.3) is 0 Å². The fourth-order valence-electron chi connectivity index (χ4n) is 1.69. The Morgan fingerprint density at radius 1 is 1.47 bits per heavy atom. The predicted octanol–water partition coefficient (Wildman–Crippen LogP) is 1.84. The van der Waals surface area contributed by atoms with E-state index in [-0.39, 0.29) is 0 Å². The molecule has 0 aliphatic heterocycles. The van der Waals surface area contributed by atoms with Crippen molar-refractivity contribution in [3.63, 3.8) is 0 Å². The summed E-state index contributed by atoms with van der Waals surface area (Å²) in [6.07, 6.45) is 1.14. The molecule has 0 saturated heterocycles. The van der Waals surface area contributed by atoms with E-state index in [0.29, 0.717) is 17.9 Å². The van der Waals surface area contributed by atoms with E-state index >= 15 is 0 Å². The van der Waals surface area contributed by atoms with Gasteiger partial charge in [-0.15, -0.1) is 0 Å². The predicted molar refractivity (Wildman–Crippen MR) is 66.0 cm³/mol. The minimum absolute atomic E-state index is 0.454. The smallest absolute Gasteiger partial charge is 0.188 e. The van der Waals surface area contributed by atoms with Gasteiger partial charge in [-0.3, -0.25) is 4.99 Å². The minimum Gasteiger partial charge on any atom is -0.370 e. The van der Waals surface area contributed by atoms with Crippen molar-refractivity contribution in [2.24, 2.45) is 10.7 Å². The molecule has 1 fully saturated rings. The fourth-order valence-corrected chi connectivity index (χ4v) is 1.95. The molecule has 15 heavy (non-hydrogen) atoms. The molecule has 0 spiro atoms. The molecular weight excluding hydrogens is 254 g/mol. The molecule has 0 heterocycles. The highest BCUT2D eigenvalue weighted by Gasteiger charge is 2.38. The van der Waals surface area contributed by atoms with Gasteiger partial charge in [0.05, 0.1) is 0 Å². The van der Waals surface area contributed by atoms with Gasteiger partial charge in [-0.05, 0) is 24.1 Å². The van der Waals surface area contributed by atoms with Crippen LogP contribution < -0.4 is 11.1 Å². The first-order valence-electron chi connectivity index (χ1n) is 4.95. The second kappa shape index (κ2) is 4.23. The van der Waals surface area contributed by atoms with E-state index in [1.807, 2.05) is 0 Å². The lowest BCUT2D eigenvalue weighted by Gasteiger charge is -2.04. The first kappa shape index (κ1) is 10.5. The van der Waals surface area contributed by atoms with Crippen LogP contribution in [0.3, 0.4) is 0 Å². The van der Waals surface area contributed by atoms with Crippen LogP contribution in [-0.4, -0.2) is 19.0 Å². The van der Waals surface area contributed by atoms with Crippen molar-refractivity contribution in [3.05, 3.63) is 34.3 Å². The number of halogens is 1. The van der Waals surface area contributed by atoms with Gasteiger partial charge in [0.15, 0.2) is 5.96 Å². The molecule has 2 atom stereocenters. The first-order chi connectivity index (χ1) is 7.20. The summed E-state index contributed by atoms with van der Waals surface area (Å²) in [7, 11) is 1.69. The number of rotatable bonds is 2. The summed E-state index contributed by atoms with van der Waals surface area (Å²) in [5, 5.41) is 3.18. The Kier molecular flexibility index (Phi) is 2.95. The SMILES string of the molecule is CN=C(N)N[C@@H]1C[C@H]1c1ccc(Br)cc1. The third-order valence-electron chi connectivity index (χ3n) is 2.66. The van der Waals surface area contributed by atoms with Crippen LogP contribution in [0.15, 0.2) is 33.7 Å². The van der Waals surface area contributed by atoms with Crippen LogP contribution in [0, 0.1) is 0 Å². The maximum Gasteiger partial charge on any atom is 0.188 e. The molecule has 1 saturated carbocycles. The van der Waals surface area contributed by atoms with Crippen molar-refractivity contribution in [1.82, 2.24) is 5.32 Å². The summed E-state index contributed by atoms with van der Waals surface area (Å²) in [5.41, 5.74) is 6.97. The number of nitrogens with one attached hydrogen (secondary N) is 1. The van der Waals surface area contributed by atoms with Crippen molar-refractivity contribution >= 4 is 21.9 Å². The van der Waals surface area contributed by atoms with Gasteiger partial charge < -0.3 is 11.1 Å². The van der Waals surface area contributed by atoms with Gasteiger partial charge in [-0.2, -0.15) is 0 Å². The summed E-state index contributed by atoms with van der Waals surface area (Å²) in [6.45, 7) is 0. The van der Waals surface area contributed by atoms with Crippen molar-refractivity contribution < 1.29 is 0 Å². The van der Waals surface area contributed by atoms with Crippen LogP contribution in [-0.2, 0) is 0 Å². The number of hydrogen-bond donors (Lipinski definition) is 2. The number of hydrogen-bond acceptors (Lipinski definition) is 1. The second-order valence-corrected chi connectivity index (χ2v) is 4.67. The number of nitrogens with zero attached hydrogens (tertiary/aromatic N) is 1. The average molecular weight is 268 g/mol. The van der Waals surface area contributed by atoms with E-state index in [2.05, 4.69) is 50.5 Å². The normalized spacial score (nSPS) is 25.1. The standard InChI is InChI=1S/C11H14BrN3/c1-14-11(13)15-10-6-9(10)7-2-4-8(12)5-3-7/h2-5,9-10H,6H2,1H3,(H3,13,14,15)/t9-,10+/m0/s1. The molecule has 80 valence electrons. The van der Waals surface area contributed by atoms with Gasteiger partial charge in [0, 0.05) is 23.5 Å². The van der Waals surface area contributed by atoms with Crippen molar-refractivity contribution in [3.8, 4) is 0 Å². The number of guanidine groups is 1. The maximum atomic E-state index is 5.61. The van der Waals surface area contributed by atoms with Crippen LogP contribution in [0.4, 0.5) is 0 Å². The Labute approximate surface area is 97.9 Å². The molecule has 1 aromatic carbocycles. The van der Waals surface area contributed by atoms with E-state index in [1.54, 1.807) is 7.05 Å². The van der Waals surface area contributed by atoms with Crippen LogP contribution in [0.1, 0.15) is 17.9 Å². The quantitative estimate of drug-likeness (QED) is 0.635. The molecule has 2 rings (SSSR count). The van der Waals surface area contributed by atoms with E-state index in [4.69, 9.17) is 5.73 Å². The summed E-state index contributed by atoms with van der Waals surface area (Å²) in [4.78, 5) is 3.89. The molecule has 1 aliphatic rings. The fraction of sp³-hybridized carbons (Fsp3) is 0.364. The van der Waals surface area contributed by atoms with Crippen molar-refractivity contribution in [1.29, 1.82) is 0 Å². The summed E-state index contributed by atoms with van der Waals surface area (Å²) in [5.74, 6) is 1.11. The molecule has 4 heteroatoms. The van der Waals surface area contributed by atoms with Gasteiger partial charge >= 0.3 is 0 Å². The second-order valence-electron chi connectivity index (χ2n) is 3.75. The third kappa shape index (κ3) is 2.50. The summed E-state index contributed by atoms with van der Waals surface area (Å²) in [6, 6.07) is 8.89. The van der Waals surface area contributed by atoms with E-state index < -0.39 is 0 Å². The van der Waals surface area contributed by atoms with Crippen LogP contribution in [0.2, 0.25) is 0 Å². The number of nitrogens with two attached hydrogens (primary N) is 1. The van der Waals surface area contributed by atoms with Gasteiger partial charge in [-0.25, -0.2) is 0 Å². The molecule has 0 radical (unpaired) electrons. The summed E-state index contributed by atoms with van der Waals surface area (Å²) < 4.78 is 1.12. The Bertz CT molecular complexity index is 372. The van der Waals surface area contributed by atoms with Crippen LogP contribution >= 0.6 is 15.9 Å². The van der Waals surface area contributed by atoms with E-state index in [0.717, 1.165) is 10.9 Å². The van der Waals surface area contributed by atoms with Crippen LogP contribution in [0.25, 0.3) is 0 Å². The lowest BCUT2D eigenvalue weighted by Crippen LogP contribution is -2.33. The van der Waals surface area contributed by atoms with Crippen LogP contribution in [0.5, 0.6) is 0 Å². The Balaban J connectivity index is 1.96. The lowest BCUT2D eigenvalue weighted by atomic mass is 10.1. The highest BCUT2D eigenvalue weighted by atomic mass is 79.9. The molecular formula is C11H14BrN3. The maximum absolute atomic E-state index is 5.61. The molecule has 3 nitrogen and oxygen atoms in total. The zero-order chi connectivity index (χ0) is 10.8. The average Bonchev–Trinajstić information content (AvgIpc) is 2.98. The first-order valence-corrected chi connectivity index (χ1v) is 5.74. The molecule has 0 amide bonds. The zero-order valence-corrected chi connectivity index (χ0v) is 10.2. The zero-order valence-electron chi connectivity index (χ0n) is 8.57. The number of benzene rings is 1. The molecule has 0 aromatic heterocycles. The van der Waals surface area contributed by atoms with Gasteiger partial charge in [0.1, 0.15) is 0 Å². The molecule has 1 aliphatic carbocycles. The Morgan fingerprint density at radius 3 is 2.73 bits per heavy atom. The lowest BCUT2D eigenvalue weighted by molar-refractivity contribution is 0.857. The highest BCUT2D eigenvalue weighted by Crippen LogP contribution is 2.40. The van der Waals surface area contributed by atoms with Crippen molar-refractivity contribution in [2.45, 2.75) is 18.4 Å². The van der Waals surface area contributed by atoms with E-state index in [1.165, 1.54) is 5.56 Å². The molecule has 3 N–H and O–H groups in total. The minimum atomic E-state index is 0.454. The highest BCUT2D eigenvalue weighted by molar-refractivity contribution is 9.10. The topological polar surface area (TPSA) is 50.4 Å². The third-order valence-corrected chi connectivity index (χ3v) is 3.19. The molecule has 1 aromatic rings. The van der Waals surface area contributed by atoms with E-state index in [9.17, 15) is 0 Å². The largest absolute Gasteiger partial charge is 0.370 e. The van der Waals surface area contributed by atoms with Crippen molar-refractivity contribution in [2.75, 3.05) is 7.05 Å². The van der Waals surface area contributed by atoms with Gasteiger partial charge in [-0.1, -0.05) is 28.1 Å². The van der Waals surface area contributed by atoms with Gasteiger partial charge in [0.2, 0.25) is 0 Å². The molecule has 0 bridgehead atoms. The Hall–Kier alpha value is -1.03. The molecule has 0 unspecified atom stereocenters. The monoisotopic (exact) mass is 267 g/mol. The number of aliphatic imine (C=N–C) groups is 1.